The topological polar surface area (TPSA) is 78.9 Å². The van der Waals surface area contributed by atoms with Gasteiger partial charge in [-0.25, -0.2) is 0 Å². The van der Waals surface area contributed by atoms with Crippen LogP contribution in [0.3, 0.4) is 0 Å². The Kier molecular flexibility index (Phi) is 53.4. The maximum absolute atomic E-state index is 12.9. The van der Waals surface area contributed by atoms with Gasteiger partial charge in [0.1, 0.15) is 13.2 Å². The Hall–Kier alpha value is -3.93. The largest absolute Gasteiger partial charge is 0.462 e. The van der Waals surface area contributed by atoms with Gasteiger partial charge in [-0.1, -0.05) is 220 Å². The molecular weight excluding hydrogens is 853 g/mol. The maximum Gasteiger partial charge on any atom is 0.306 e. The molecule has 0 saturated heterocycles. The van der Waals surface area contributed by atoms with E-state index in [4.69, 9.17) is 14.2 Å². The molecule has 0 N–H and O–H groups in total. The molecular formula is C63H104O6. The van der Waals surface area contributed by atoms with E-state index in [1.165, 1.54) is 103 Å². The van der Waals surface area contributed by atoms with Crippen LogP contribution in [0.1, 0.15) is 252 Å². The number of carbonyl (C=O) groups is 3. The van der Waals surface area contributed by atoms with Crippen LogP contribution in [0.15, 0.2) is 109 Å². The van der Waals surface area contributed by atoms with Gasteiger partial charge in [-0.2, -0.15) is 0 Å². The Bertz CT molecular complexity index is 1420. The predicted octanol–water partition coefficient (Wildman–Crippen LogP) is 19.1. The SMILES string of the molecule is CC/C=C\C/C=C\C/C=C\C/C=C\C/C=C\CCCC(=O)OC[C@H](COC(=O)CCCCCC/C=C\C/C=C\C/C=C\CCCCC)OC(=O)CCCCCCCCC/C=C\CCCCCCCC. The summed E-state index contributed by atoms with van der Waals surface area (Å²) in [4.78, 5) is 38.1. The number of hydrogen-bond acceptors (Lipinski definition) is 6. The summed E-state index contributed by atoms with van der Waals surface area (Å²) >= 11 is 0. The van der Waals surface area contributed by atoms with Crippen molar-refractivity contribution in [2.75, 3.05) is 13.2 Å². The first-order valence-electron chi connectivity index (χ1n) is 28.4. The minimum Gasteiger partial charge on any atom is -0.462 e. The zero-order valence-electron chi connectivity index (χ0n) is 44.8. The second kappa shape index (κ2) is 56.7. The van der Waals surface area contributed by atoms with Gasteiger partial charge in [0.15, 0.2) is 6.10 Å². The van der Waals surface area contributed by atoms with Gasteiger partial charge in [0.2, 0.25) is 0 Å². The minimum atomic E-state index is -0.815. The van der Waals surface area contributed by atoms with Crippen molar-refractivity contribution in [2.45, 2.75) is 258 Å². The van der Waals surface area contributed by atoms with Crippen LogP contribution in [0.2, 0.25) is 0 Å². The summed E-state index contributed by atoms with van der Waals surface area (Å²) in [6, 6.07) is 0. The van der Waals surface area contributed by atoms with Crippen molar-refractivity contribution in [3.05, 3.63) is 109 Å². The monoisotopic (exact) mass is 957 g/mol. The number of unbranched alkanes of at least 4 members (excludes halogenated alkanes) is 21. The molecule has 6 heteroatoms. The number of hydrogen-bond donors (Lipinski definition) is 0. The molecule has 0 aromatic heterocycles. The highest BCUT2D eigenvalue weighted by Crippen LogP contribution is 2.14. The molecule has 0 saturated carbocycles. The summed E-state index contributed by atoms with van der Waals surface area (Å²) in [7, 11) is 0. The molecule has 0 heterocycles. The fraction of sp³-hybridized carbons (Fsp3) is 0.667. The fourth-order valence-electron chi connectivity index (χ4n) is 7.48. The van der Waals surface area contributed by atoms with E-state index in [2.05, 4.69) is 130 Å². The molecule has 392 valence electrons. The highest BCUT2D eigenvalue weighted by molar-refractivity contribution is 5.71. The molecule has 0 spiro atoms. The van der Waals surface area contributed by atoms with Crippen molar-refractivity contribution in [3.63, 3.8) is 0 Å². The average Bonchev–Trinajstić information content (AvgIpc) is 3.35. The molecule has 0 aromatic rings. The standard InChI is InChI=1S/C63H104O6/c1-4-7-10-13-16-19-22-25-28-31-34-37-40-43-46-49-52-55-61(64)67-58-60(69-63(66)57-54-51-48-45-42-39-36-33-30-27-24-21-18-15-12-9-6-3)59-68-62(65)56-53-50-47-44-41-38-35-32-29-26-23-20-17-14-11-8-5-2/h7,10,16-17,19-20,25-30,34-35,37-38,43,46,60H,4-6,8-9,11-15,18,21-24,31-33,36,39-42,44-45,47-59H2,1-3H3/b10-7-,19-16-,20-17-,28-25-,29-26-,30-27-,37-34-,38-35-,46-43-/t60-/m1/s1. The van der Waals surface area contributed by atoms with Gasteiger partial charge in [-0.3, -0.25) is 14.4 Å². The third-order valence-corrected chi connectivity index (χ3v) is 11.7. The zero-order valence-corrected chi connectivity index (χ0v) is 44.8. The summed E-state index contributed by atoms with van der Waals surface area (Å²) < 4.78 is 16.8. The van der Waals surface area contributed by atoms with Gasteiger partial charge in [-0.15, -0.1) is 0 Å². The normalized spacial score (nSPS) is 12.9. The van der Waals surface area contributed by atoms with Gasteiger partial charge in [-0.05, 0) is 122 Å². The van der Waals surface area contributed by atoms with Crippen molar-refractivity contribution in [1.29, 1.82) is 0 Å². The van der Waals surface area contributed by atoms with Crippen LogP contribution in [0.4, 0.5) is 0 Å². The van der Waals surface area contributed by atoms with Gasteiger partial charge < -0.3 is 14.2 Å². The van der Waals surface area contributed by atoms with Crippen molar-refractivity contribution in [1.82, 2.24) is 0 Å². The van der Waals surface area contributed by atoms with Crippen LogP contribution in [0, 0.1) is 0 Å². The number of rotatable bonds is 50. The summed E-state index contributed by atoms with van der Waals surface area (Å²) in [5.74, 6) is -0.995. The first kappa shape index (κ1) is 65.1. The quantitative estimate of drug-likeness (QED) is 0.0262. The van der Waals surface area contributed by atoms with Gasteiger partial charge >= 0.3 is 17.9 Å². The molecule has 0 aliphatic rings. The molecule has 0 unspecified atom stereocenters. The first-order valence-corrected chi connectivity index (χ1v) is 28.4. The number of ether oxygens (including phenoxy) is 3. The number of carbonyl (C=O) groups excluding carboxylic acids is 3. The van der Waals surface area contributed by atoms with Crippen LogP contribution in [-0.4, -0.2) is 37.2 Å². The first-order chi connectivity index (χ1) is 34.0. The smallest absolute Gasteiger partial charge is 0.306 e. The summed E-state index contributed by atoms with van der Waals surface area (Å²) in [5.41, 5.74) is 0. The van der Waals surface area contributed by atoms with Crippen LogP contribution in [0.25, 0.3) is 0 Å². The van der Waals surface area contributed by atoms with E-state index >= 15 is 0 Å². The fourth-order valence-corrected chi connectivity index (χ4v) is 7.48. The van der Waals surface area contributed by atoms with E-state index < -0.39 is 6.10 Å². The van der Waals surface area contributed by atoms with Crippen molar-refractivity contribution < 1.29 is 28.6 Å². The molecule has 0 radical (unpaired) electrons. The molecule has 0 fully saturated rings. The van der Waals surface area contributed by atoms with Gasteiger partial charge in [0.25, 0.3) is 0 Å². The van der Waals surface area contributed by atoms with Gasteiger partial charge in [0, 0.05) is 19.3 Å². The van der Waals surface area contributed by atoms with Crippen molar-refractivity contribution in [2.24, 2.45) is 0 Å². The van der Waals surface area contributed by atoms with E-state index in [0.717, 1.165) is 103 Å². The lowest BCUT2D eigenvalue weighted by Gasteiger charge is -2.18. The third kappa shape index (κ3) is 54.9. The summed E-state index contributed by atoms with van der Waals surface area (Å²) in [5, 5.41) is 0. The van der Waals surface area contributed by atoms with E-state index in [0.29, 0.717) is 19.3 Å². The van der Waals surface area contributed by atoms with Crippen LogP contribution >= 0.6 is 0 Å². The van der Waals surface area contributed by atoms with Crippen molar-refractivity contribution >= 4 is 17.9 Å². The van der Waals surface area contributed by atoms with E-state index in [9.17, 15) is 14.4 Å². The minimum absolute atomic E-state index is 0.111. The second-order valence-corrected chi connectivity index (χ2v) is 18.5. The highest BCUT2D eigenvalue weighted by atomic mass is 16.6. The lowest BCUT2D eigenvalue weighted by atomic mass is 10.1. The Morgan fingerprint density at radius 1 is 0.304 bits per heavy atom. The van der Waals surface area contributed by atoms with E-state index in [1.54, 1.807) is 0 Å². The Morgan fingerprint density at radius 2 is 0.580 bits per heavy atom. The van der Waals surface area contributed by atoms with E-state index in [-0.39, 0.29) is 37.5 Å². The third-order valence-electron chi connectivity index (χ3n) is 11.7. The molecule has 1 atom stereocenters. The lowest BCUT2D eigenvalue weighted by Crippen LogP contribution is -2.30. The lowest BCUT2D eigenvalue weighted by molar-refractivity contribution is -0.167. The molecule has 69 heavy (non-hydrogen) atoms. The van der Waals surface area contributed by atoms with Crippen LogP contribution in [-0.2, 0) is 28.6 Å². The Labute approximate surface area is 425 Å². The number of esters is 3. The number of allylic oxidation sites excluding steroid dienone is 18. The Morgan fingerprint density at radius 3 is 0.986 bits per heavy atom. The summed E-state index contributed by atoms with van der Waals surface area (Å²) in [6.45, 7) is 6.42. The molecule has 6 nitrogen and oxygen atoms in total. The summed E-state index contributed by atoms with van der Waals surface area (Å²) in [6.07, 6.45) is 76.5. The second-order valence-electron chi connectivity index (χ2n) is 18.5. The zero-order chi connectivity index (χ0) is 50.0. The average molecular weight is 958 g/mol. The highest BCUT2D eigenvalue weighted by Gasteiger charge is 2.19. The molecule has 0 rings (SSSR count). The molecule has 0 aromatic carbocycles. The maximum atomic E-state index is 12.9. The van der Waals surface area contributed by atoms with Crippen molar-refractivity contribution in [3.8, 4) is 0 Å². The van der Waals surface area contributed by atoms with Crippen LogP contribution in [0.5, 0.6) is 0 Å². The predicted molar refractivity (Wildman–Crippen MR) is 297 cm³/mol. The van der Waals surface area contributed by atoms with Crippen LogP contribution < -0.4 is 0 Å². The Balaban J connectivity index is 4.53. The van der Waals surface area contributed by atoms with E-state index in [1.807, 2.05) is 0 Å². The molecule has 0 aliphatic heterocycles. The molecule has 0 aliphatic carbocycles. The molecule has 0 bridgehead atoms. The molecule has 0 amide bonds. The van der Waals surface area contributed by atoms with Gasteiger partial charge in [0.05, 0.1) is 0 Å².